The number of carbonyl (C=O) groups excluding carboxylic acids is 2. The summed E-state index contributed by atoms with van der Waals surface area (Å²) < 4.78 is 0. The molecule has 6 heteroatoms. The van der Waals surface area contributed by atoms with Crippen LogP contribution in [0.4, 0.5) is 5.95 Å². The molecule has 1 aliphatic heterocycles. The molecule has 1 aromatic carbocycles. The molecule has 1 fully saturated rings. The molecule has 2 aliphatic rings. The first kappa shape index (κ1) is 20.5. The van der Waals surface area contributed by atoms with Crippen molar-refractivity contribution >= 4 is 17.6 Å². The Balaban J connectivity index is 1.38. The van der Waals surface area contributed by atoms with Crippen LogP contribution < -0.4 is 4.90 Å². The number of nitrogens with zero attached hydrogens (tertiary/aromatic N) is 4. The number of Topliss-reactive ketones (excluding diaryl/α,β-unsaturated/α-hetero) is 1. The Kier molecular flexibility index (Phi) is 5.84. The molecular formula is C24H30N4O2. The van der Waals surface area contributed by atoms with Gasteiger partial charge in [0.1, 0.15) is 0 Å². The largest absolute Gasteiger partial charge is 0.347 e. The summed E-state index contributed by atoms with van der Waals surface area (Å²) in [5.74, 6) is 0.999. The summed E-state index contributed by atoms with van der Waals surface area (Å²) in [4.78, 5) is 38.5. The lowest BCUT2D eigenvalue weighted by Crippen LogP contribution is -2.48. The van der Waals surface area contributed by atoms with E-state index in [1.54, 1.807) is 0 Å². The normalized spacial score (nSPS) is 20.3. The van der Waals surface area contributed by atoms with E-state index in [0.717, 1.165) is 56.0 Å². The predicted molar refractivity (Wildman–Crippen MR) is 117 cm³/mol. The number of piperidine rings is 1. The van der Waals surface area contributed by atoms with Gasteiger partial charge in [-0.15, -0.1) is 0 Å². The highest BCUT2D eigenvalue weighted by Gasteiger charge is 2.44. The van der Waals surface area contributed by atoms with Crippen molar-refractivity contribution in [1.29, 1.82) is 0 Å². The van der Waals surface area contributed by atoms with Gasteiger partial charge in [-0.25, -0.2) is 9.97 Å². The Bertz CT molecular complexity index is 924. The topological polar surface area (TPSA) is 66.4 Å². The summed E-state index contributed by atoms with van der Waals surface area (Å²) >= 11 is 0. The lowest BCUT2D eigenvalue weighted by Gasteiger charge is -2.40. The smallest absolute Gasteiger partial charge is 0.225 e. The molecule has 1 aromatic heterocycles. The molecule has 0 bridgehead atoms. The molecule has 1 saturated heterocycles. The van der Waals surface area contributed by atoms with Crippen molar-refractivity contribution in [3.63, 3.8) is 0 Å². The highest BCUT2D eigenvalue weighted by Crippen LogP contribution is 2.44. The number of fused-ring (bicyclic) bond motifs is 2. The van der Waals surface area contributed by atoms with Gasteiger partial charge in [0.2, 0.25) is 11.9 Å². The van der Waals surface area contributed by atoms with Crippen LogP contribution in [0.1, 0.15) is 60.1 Å². The van der Waals surface area contributed by atoms with Crippen LogP contribution in [0, 0.1) is 0 Å². The first-order valence-corrected chi connectivity index (χ1v) is 10.9. The molecular weight excluding hydrogens is 376 g/mol. The molecule has 1 spiro atoms. The second kappa shape index (κ2) is 8.54. The zero-order chi connectivity index (χ0) is 21.1. The van der Waals surface area contributed by atoms with E-state index in [1.807, 2.05) is 60.4 Å². The van der Waals surface area contributed by atoms with E-state index in [2.05, 4.69) is 4.98 Å². The Hall–Kier alpha value is -2.76. The van der Waals surface area contributed by atoms with Crippen LogP contribution in [0.5, 0.6) is 0 Å². The third-order valence-electron chi connectivity index (χ3n) is 6.45. The maximum absolute atomic E-state index is 12.9. The summed E-state index contributed by atoms with van der Waals surface area (Å²) in [6.45, 7) is 1.53. The molecule has 0 saturated carbocycles. The number of ketones is 1. The van der Waals surface area contributed by atoms with Crippen LogP contribution >= 0.6 is 0 Å². The Morgan fingerprint density at radius 1 is 1.13 bits per heavy atom. The van der Waals surface area contributed by atoms with Crippen molar-refractivity contribution in [2.45, 2.75) is 50.4 Å². The first-order chi connectivity index (χ1) is 14.5. The van der Waals surface area contributed by atoms with Crippen LogP contribution in [0.15, 0.2) is 36.5 Å². The number of aromatic nitrogens is 2. The van der Waals surface area contributed by atoms with Crippen molar-refractivity contribution in [2.24, 2.45) is 0 Å². The highest BCUT2D eigenvalue weighted by molar-refractivity contribution is 5.96. The van der Waals surface area contributed by atoms with E-state index in [9.17, 15) is 9.59 Å². The maximum Gasteiger partial charge on any atom is 0.225 e. The zero-order valence-corrected chi connectivity index (χ0v) is 17.9. The third kappa shape index (κ3) is 4.09. The predicted octanol–water partition coefficient (Wildman–Crippen LogP) is 3.40. The molecule has 158 valence electrons. The van der Waals surface area contributed by atoms with Crippen LogP contribution in [0.3, 0.4) is 0 Å². The fraction of sp³-hybridized carbons (Fsp3) is 0.500. The van der Waals surface area contributed by atoms with Crippen molar-refractivity contribution in [3.8, 4) is 0 Å². The minimum Gasteiger partial charge on any atom is -0.347 e. The summed E-state index contributed by atoms with van der Waals surface area (Å²) in [7, 11) is 3.91. The van der Waals surface area contributed by atoms with Gasteiger partial charge in [-0.3, -0.25) is 9.59 Å². The molecule has 2 heterocycles. The van der Waals surface area contributed by atoms with E-state index in [-0.39, 0.29) is 17.1 Å². The quantitative estimate of drug-likeness (QED) is 0.688. The van der Waals surface area contributed by atoms with E-state index in [4.69, 9.17) is 4.98 Å². The SMILES string of the molecule is CN(C)c1ncc2c(n1)C1(CCCN(C(=O)CCCC(=O)c3ccccc3)C1)CC2. The minimum atomic E-state index is -0.0448. The molecule has 0 radical (unpaired) electrons. The molecule has 1 aliphatic carbocycles. The lowest BCUT2D eigenvalue weighted by atomic mass is 9.77. The van der Waals surface area contributed by atoms with Gasteiger partial charge in [-0.05, 0) is 37.7 Å². The fourth-order valence-electron chi connectivity index (χ4n) is 4.82. The van der Waals surface area contributed by atoms with Crippen LogP contribution in [-0.2, 0) is 16.6 Å². The lowest BCUT2D eigenvalue weighted by molar-refractivity contribution is -0.133. The van der Waals surface area contributed by atoms with Gasteiger partial charge in [0.25, 0.3) is 0 Å². The van der Waals surface area contributed by atoms with Crippen LogP contribution in [0.25, 0.3) is 0 Å². The number of hydrogen-bond acceptors (Lipinski definition) is 5. The van der Waals surface area contributed by atoms with Gasteiger partial charge >= 0.3 is 0 Å². The van der Waals surface area contributed by atoms with Crippen LogP contribution in [-0.4, -0.2) is 53.7 Å². The molecule has 4 rings (SSSR count). The van der Waals surface area contributed by atoms with E-state index in [1.165, 1.54) is 5.56 Å². The molecule has 2 aromatic rings. The van der Waals surface area contributed by atoms with E-state index in [0.29, 0.717) is 19.3 Å². The van der Waals surface area contributed by atoms with Crippen molar-refractivity contribution in [3.05, 3.63) is 53.3 Å². The monoisotopic (exact) mass is 406 g/mol. The average molecular weight is 407 g/mol. The summed E-state index contributed by atoms with van der Waals surface area (Å²) in [5.41, 5.74) is 3.04. The first-order valence-electron chi connectivity index (χ1n) is 10.9. The van der Waals surface area contributed by atoms with Gasteiger partial charge in [0.15, 0.2) is 5.78 Å². The Morgan fingerprint density at radius 2 is 1.93 bits per heavy atom. The molecule has 30 heavy (non-hydrogen) atoms. The number of rotatable bonds is 6. The highest BCUT2D eigenvalue weighted by atomic mass is 16.2. The Labute approximate surface area is 178 Å². The van der Waals surface area contributed by atoms with Gasteiger partial charge < -0.3 is 9.80 Å². The molecule has 1 unspecified atom stereocenters. The number of hydrogen-bond donors (Lipinski definition) is 0. The summed E-state index contributed by atoms with van der Waals surface area (Å²) in [6.07, 6.45) is 7.48. The molecule has 1 amide bonds. The van der Waals surface area contributed by atoms with Crippen molar-refractivity contribution in [1.82, 2.24) is 14.9 Å². The number of anilines is 1. The Morgan fingerprint density at radius 3 is 2.70 bits per heavy atom. The van der Waals surface area contributed by atoms with E-state index < -0.39 is 0 Å². The standard InChI is InChI=1S/C24H30N4O2/c1-27(2)23-25-16-19-12-14-24(22(19)26-23)13-7-15-28(17-24)21(30)11-6-10-20(29)18-8-4-3-5-9-18/h3-5,8-9,16H,6-7,10-15,17H2,1-2H3. The van der Waals surface area contributed by atoms with Gasteiger partial charge in [-0.1, -0.05) is 30.3 Å². The third-order valence-corrected chi connectivity index (χ3v) is 6.45. The second-order valence-electron chi connectivity index (χ2n) is 8.78. The summed E-state index contributed by atoms with van der Waals surface area (Å²) in [5, 5.41) is 0. The second-order valence-corrected chi connectivity index (χ2v) is 8.78. The number of likely N-dealkylation sites (tertiary alicyclic amines) is 1. The average Bonchev–Trinajstić information content (AvgIpc) is 3.11. The van der Waals surface area contributed by atoms with Crippen molar-refractivity contribution in [2.75, 3.05) is 32.1 Å². The fourth-order valence-corrected chi connectivity index (χ4v) is 4.82. The molecule has 6 nitrogen and oxygen atoms in total. The van der Waals surface area contributed by atoms with Gasteiger partial charge in [0, 0.05) is 57.2 Å². The zero-order valence-electron chi connectivity index (χ0n) is 17.9. The van der Waals surface area contributed by atoms with E-state index >= 15 is 0 Å². The van der Waals surface area contributed by atoms with Gasteiger partial charge in [-0.2, -0.15) is 0 Å². The molecule has 0 N–H and O–H groups in total. The number of benzene rings is 1. The maximum atomic E-state index is 12.9. The van der Waals surface area contributed by atoms with Crippen LogP contribution in [0.2, 0.25) is 0 Å². The van der Waals surface area contributed by atoms with Gasteiger partial charge in [0.05, 0.1) is 5.69 Å². The number of carbonyl (C=O) groups is 2. The van der Waals surface area contributed by atoms with Crippen molar-refractivity contribution < 1.29 is 9.59 Å². The molecule has 1 atom stereocenters. The minimum absolute atomic E-state index is 0.0448. The summed E-state index contributed by atoms with van der Waals surface area (Å²) in [6, 6.07) is 9.31. The number of aryl methyl sites for hydroxylation is 1. The number of amides is 1.